The second-order valence-corrected chi connectivity index (χ2v) is 5.54. The minimum absolute atomic E-state index is 0. The van der Waals surface area contributed by atoms with Gasteiger partial charge in [-0.3, -0.25) is 19.9 Å². The molecule has 3 amide bonds. The predicted octanol–water partition coefficient (Wildman–Crippen LogP) is 1.66. The van der Waals surface area contributed by atoms with E-state index in [4.69, 9.17) is 15.3 Å². The lowest BCUT2D eigenvalue weighted by atomic mass is 9.90. The standard InChI is InChI=1S/C16H19N3O5.ClH/c1-4-24-13(17)10-5-7-11(8-6-10)16(2)14(22)19(9-12(20)21)15(23)18(16)3;/h5-8,17H,4,9H2,1-3H3,(H,20,21);1H/t16-;/m0./s1. The first-order valence-electron chi connectivity index (χ1n) is 7.37. The van der Waals surface area contributed by atoms with Gasteiger partial charge in [0.25, 0.3) is 5.91 Å². The summed E-state index contributed by atoms with van der Waals surface area (Å²) < 4.78 is 5.12. The molecule has 136 valence electrons. The number of aliphatic carboxylic acids is 1. The monoisotopic (exact) mass is 369 g/mol. The molecule has 9 heteroatoms. The minimum atomic E-state index is -1.29. The van der Waals surface area contributed by atoms with Crippen LogP contribution in [-0.4, -0.2) is 58.9 Å². The Balaban J connectivity index is 0.00000312. The molecule has 2 rings (SSSR count). The number of carbonyl (C=O) groups excluding carboxylic acids is 2. The van der Waals surface area contributed by atoms with Gasteiger partial charge in [0.05, 0.1) is 6.61 Å². The number of hydrogen-bond donors (Lipinski definition) is 2. The van der Waals surface area contributed by atoms with Gasteiger partial charge in [-0.05, 0) is 31.5 Å². The van der Waals surface area contributed by atoms with Gasteiger partial charge in [-0.2, -0.15) is 0 Å². The third-order valence-corrected chi connectivity index (χ3v) is 4.14. The molecule has 0 unspecified atom stereocenters. The number of likely N-dealkylation sites (N-methyl/N-ethyl adjacent to an activating group) is 1. The fourth-order valence-corrected chi connectivity index (χ4v) is 2.63. The van der Waals surface area contributed by atoms with Crippen molar-refractivity contribution < 1.29 is 24.2 Å². The van der Waals surface area contributed by atoms with Crippen molar-refractivity contribution in [3.8, 4) is 0 Å². The molecule has 0 radical (unpaired) electrons. The van der Waals surface area contributed by atoms with E-state index in [0.717, 1.165) is 4.90 Å². The maximum absolute atomic E-state index is 12.6. The van der Waals surface area contributed by atoms with E-state index in [1.807, 2.05) is 0 Å². The Morgan fingerprint density at radius 2 is 1.84 bits per heavy atom. The average Bonchev–Trinajstić information content (AvgIpc) is 2.71. The molecule has 0 aliphatic carbocycles. The van der Waals surface area contributed by atoms with E-state index in [-0.39, 0.29) is 18.3 Å². The van der Waals surface area contributed by atoms with Gasteiger partial charge in [0.15, 0.2) is 0 Å². The summed E-state index contributed by atoms with van der Waals surface area (Å²) in [5, 5.41) is 16.6. The third kappa shape index (κ3) is 3.43. The van der Waals surface area contributed by atoms with Crippen LogP contribution in [0.25, 0.3) is 0 Å². The van der Waals surface area contributed by atoms with Crippen molar-refractivity contribution in [3.63, 3.8) is 0 Å². The molecule has 0 aromatic heterocycles. The maximum Gasteiger partial charge on any atom is 0.328 e. The Kier molecular flexibility index (Phi) is 6.15. The predicted molar refractivity (Wildman–Crippen MR) is 92.0 cm³/mol. The minimum Gasteiger partial charge on any atom is -0.480 e. The molecule has 0 bridgehead atoms. The van der Waals surface area contributed by atoms with Gasteiger partial charge in [-0.15, -0.1) is 12.4 Å². The number of carbonyl (C=O) groups is 3. The topological polar surface area (TPSA) is 111 Å². The number of rotatable bonds is 5. The zero-order chi connectivity index (χ0) is 18.1. The summed E-state index contributed by atoms with van der Waals surface area (Å²) in [7, 11) is 1.46. The Labute approximate surface area is 151 Å². The van der Waals surface area contributed by atoms with Crippen LogP contribution in [-0.2, 0) is 19.9 Å². The van der Waals surface area contributed by atoms with Crippen molar-refractivity contribution in [1.82, 2.24) is 9.80 Å². The average molecular weight is 370 g/mol. The van der Waals surface area contributed by atoms with E-state index in [9.17, 15) is 14.4 Å². The molecular formula is C16H20ClN3O5. The molecule has 1 fully saturated rings. The fraction of sp³-hybridized carbons (Fsp3) is 0.375. The van der Waals surface area contributed by atoms with E-state index < -0.39 is 30.0 Å². The van der Waals surface area contributed by atoms with Gasteiger partial charge >= 0.3 is 12.0 Å². The highest BCUT2D eigenvalue weighted by atomic mass is 35.5. The highest BCUT2D eigenvalue weighted by Gasteiger charge is 2.54. The molecule has 0 spiro atoms. The molecule has 1 aromatic rings. The summed E-state index contributed by atoms with van der Waals surface area (Å²) in [6.07, 6.45) is 0. The number of hydrogen-bond acceptors (Lipinski definition) is 5. The van der Waals surface area contributed by atoms with Gasteiger partial charge in [0.1, 0.15) is 12.1 Å². The number of nitrogens with one attached hydrogen (secondary N) is 1. The van der Waals surface area contributed by atoms with Gasteiger partial charge in [0, 0.05) is 12.6 Å². The van der Waals surface area contributed by atoms with Crippen molar-refractivity contribution in [1.29, 1.82) is 5.41 Å². The number of amides is 3. The number of nitrogens with zero attached hydrogens (tertiary/aromatic N) is 2. The Morgan fingerprint density at radius 1 is 1.28 bits per heavy atom. The van der Waals surface area contributed by atoms with Crippen molar-refractivity contribution >= 4 is 36.2 Å². The summed E-state index contributed by atoms with van der Waals surface area (Å²) in [4.78, 5) is 37.7. The largest absolute Gasteiger partial charge is 0.480 e. The first-order valence-corrected chi connectivity index (χ1v) is 7.37. The van der Waals surface area contributed by atoms with E-state index in [1.165, 1.54) is 11.9 Å². The number of halogens is 1. The number of carboxylic acid groups (broad SMARTS) is 1. The zero-order valence-corrected chi connectivity index (χ0v) is 14.9. The number of carboxylic acids is 1. The second kappa shape index (κ2) is 7.52. The molecule has 8 nitrogen and oxygen atoms in total. The van der Waals surface area contributed by atoms with Gasteiger partial charge in [-0.25, -0.2) is 4.79 Å². The smallest absolute Gasteiger partial charge is 0.328 e. The highest BCUT2D eigenvalue weighted by molar-refractivity contribution is 6.08. The number of urea groups is 1. The van der Waals surface area contributed by atoms with Crippen molar-refractivity contribution in [2.24, 2.45) is 0 Å². The lowest BCUT2D eigenvalue weighted by Crippen LogP contribution is -2.42. The Morgan fingerprint density at radius 3 is 2.32 bits per heavy atom. The SMILES string of the molecule is CCOC(=N)c1ccc([C@@]2(C)C(=O)N(CC(=O)O)C(=O)N2C)cc1.Cl. The van der Waals surface area contributed by atoms with Crippen LogP contribution in [0.1, 0.15) is 25.0 Å². The first kappa shape index (κ1) is 20.4. The highest BCUT2D eigenvalue weighted by Crippen LogP contribution is 2.36. The molecule has 1 saturated heterocycles. The lowest BCUT2D eigenvalue weighted by Gasteiger charge is -2.29. The number of imide groups is 1. The van der Waals surface area contributed by atoms with E-state index in [1.54, 1.807) is 38.1 Å². The van der Waals surface area contributed by atoms with Crippen LogP contribution in [0.2, 0.25) is 0 Å². The van der Waals surface area contributed by atoms with Crippen LogP contribution < -0.4 is 0 Å². The Bertz CT molecular complexity index is 706. The van der Waals surface area contributed by atoms with Crippen LogP contribution in [0.3, 0.4) is 0 Å². The molecular weight excluding hydrogens is 350 g/mol. The van der Waals surface area contributed by atoms with E-state index >= 15 is 0 Å². The van der Waals surface area contributed by atoms with Crippen LogP contribution in [0.4, 0.5) is 4.79 Å². The quantitative estimate of drug-likeness (QED) is 0.466. The molecule has 1 heterocycles. The van der Waals surface area contributed by atoms with Gasteiger partial charge in [-0.1, -0.05) is 12.1 Å². The number of ether oxygens (including phenoxy) is 1. The summed E-state index contributed by atoms with van der Waals surface area (Å²) in [6.45, 7) is 3.04. The zero-order valence-electron chi connectivity index (χ0n) is 14.1. The molecule has 1 aromatic carbocycles. The number of benzene rings is 1. The molecule has 1 atom stereocenters. The molecule has 1 aliphatic rings. The third-order valence-electron chi connectivity index (χ3n) is 4.14. The normalized spacial score (nSPS) is 19.6. The maximum atomic E-state index is 12.6. The van der Waals surface area contributed by atoms with Gasteiger partial charge in [0.2, 0.25) is 5.90 Å². The molecule has 1 aliphatic heterocycles. The molecule has 25 heavy (non-hydrogen) atoms. The van der Waals surface area contributed by atoms with Crippen LogP contribution in [0, 0.1) is 5.41 Å². The first-order chi connectivity index (χ1) is 11.2. The van der Waals surface area contributed by atoms with Crippen LogP contribution in [0.15, 0.2) is 24.3 Å². The van der Waals surface area contributed by atoms with Crippen molar-refractivity contribution in [3.05, 3.63) is 35.4 Å². The van der Waals surface area contributed by atoms with Gasteiger partial charge < -0.3 is 14.7 Å². The summed E-state index contributed by atoms with van der Waals surface area (Å²) in [5.41, 5.74) is -0.214. The molecule has 2 N–H and O–H groups in total. The Hall–Kier alpha value is -2.61. The second-order valence-electron chi connectivity index (χ2n) is 5.54. The van der Waals surface area contributed by atoms with Crippen molar-refractivity contribution in [2.75, 3.05) is 20.2 Å². The summed E-state index contributed by atoms with van der Waals surface area (Å²) in [6, 6.07) is 5.87. The van der Waals surface area contributed by atoms with Crippen molar-refractivity contribution in [2.45, 2.75) is 19.4 Å². The summed E-state index contributed by atoms with van der Waals surface area (Å²) in [5.74, 6) is -1.83. The van der Waals surface area contributed by atoms with E-state index in [2.05, 4.69) is 0 Å². The summed E-state index contributed by atoms with van der Waals surface area (Å²) >= 11 is 0. The lowest BCUT2D eigenvalue weighted by molar-refractivity contribution is -0.143. The molecule has 0 saturated carbocycles. The van der Waals surface area contributed by atoms with E-state index in [0.29, 0.717) is 17.7 Å². The fourth-order valence-electron chi connectivity index (χ4n) is 2.63. The van der Waals surface area contributed by atoms with Crippen LogP contribution >= 0.6 is 12.4 Å². The van der Waals surface area contributed by atoms with Crippen LogP contribution in [0.5, 0.6) is 0 Å².